The molecule has 0 saturated carbocycles. The highest BCUT2D eigenvalue weighted by Crippen LogP contribution is 2.23. The highest BCUT2D eigenvalue weighted by atomic mass is 79.9. The maximum atomic E-state index is 11.5. The molecular weight excluding hydrogens is 338 g/mol. The monoisotopic (exact) mass is 355 g/mol. The molecule has 0 aliphatic rings. The Balaban J connectivity index is 2.38. The summed E-state index contributed by atoms with van der Waals surface area (Å²) in [5.74, 6) is -0.608. The number of aliphatic hydroxyl groups is 1. The minimum absolute atomic E-state index is 0.114. The molecule has 1 amide bonds. The first-order valence-electron chi connectivity index (χ1n) is 6.49. The van der Waals surface area contributed by atoms with Crippen LogP contribution in [0.25, 0.3) is 10.9 Å². The zero-order valence-electron chi connectivity index (χ0n) is 12.1. The molecule has 6 nitrogen and oxygen atoms in total. The summed E-state index contributed by atoms with van der Waals surface area (Å²) in [6, 6.07) is 5.42. The zero-order valence-corrected chi connectivity index (χ0v) is 13.7. The van der Waals surface area contributed by atoms with Crippen molar-refractivity contribution in [3.05, 3.63) is 28.4 Å². The molecule has 2 rings (SSSR count). The lowest BCUT2D eigenvalue weighted by molar-refractivity contribution is -0.172. The Kier molecular flexibility index (Phi) is 4.36. The molecule has 0 aliphatic carbocycles. The third-order valence-corrected chi connectivity index (χ3v) is 3.26. The Hall–Kier alpha value is -1.44. The third-order valence-electron chi connectivity index (χ3n) is 2.76. The van der Waals surface area contributed by atoms with Crippen LogP contribution >= 0.6 is 15.9 Å². The Morgan fingerprint density at radius 3 is 2.76 bits per heavy atom. The van der Waals surface area contributed by atoms with Crippen molar-refractivity contribution in [1.82, 2.24) is 9.78 Å². The van der Waals surface area contributed by atoms with E-state index in [1.165, 1.54) is 4.68 Å². The second kappa shape index (κ2) is 5.75. The molecule has 1 aromatic carbocycles. The predicted molar refractivity (Wildman–Crippen MR) is 82.8 cm³/mol. The van der Waals surface area contributed by atoms with Crippen molar-refractivity contribution in [3.8, 4) is 0 Å². The van der Waals surface area contributed by atoms with Crippen molar-refractivity contribution < 1.29 is 14.6 Å². The first-order chi connectivity index (χ1) is 9.67. The molecule has 7 heteroatoms. The van der Waals surface area contributed by atoms with E-state index in [1.807, 2.05) is 32.9 Å². The smallest absolute Gasteiger partial charge is 0.269 e. The fourth-order valence-electron chi connectivity index (χ4n) is 2.07. The van der Waals surface area contributed by atoms with E-state index in [1.54, 1.807) is 6.07 Å². The summed E-state index contributed by atoms with van der Waals surface area (Å²) >= 11 is 3.35. The summed E-state index contributed by atoms with van der Waals surface area (Å²) in [5.41, 5.74) is 5.76. The van der Waals surface area contributed by atoms with E-state index in [4.69, 9.17) is 10.5 Å². The molecular formula is C14H18BrN3O3. The second-order valence-corrected chi connectivity index (χ2v) is 6.66. The van der Waals surface area contributed by atoms with E-state index < -0.39 is 17.8 Å². The molecule has 0 aliphatic heterocycles. The topological polar surface area (TPSA) is 90.4 Å². The second-order valence-electron chi connectivity index (χ2n) is 5.74. The number of hydrogen-bond acceptors (Lipinski definition) is 4. The van der Waals surface area contributed by atoms with E-state index in [2.05, 4.69) is 21.0 Å². The van der Waals surface area contributed by atoms with Crippen molar-refractivity contribution >= 4 is 32.7 Å². The van der Waals surface area contributed by atoms with Gasteiger partial charge in [-0.25, -0.2) is 0 Å². The quantitative estimate of drug-likeness (QED) is 0.821. The predicted octanol–water partition coefficient (Wildman–Crippen LogP) is 2.03. The van der Waals surface area contributed by atoms with Crippen LogP contribution < -0.4 is 5.73 Å². The van der Waals surface area contributed by atoms with Crippen LogP contribution in [0.15, 0.2) is 22.7 Å². The molecule has 1 unspecified atom stereocenters. The van der Waals surface area contributed by atoms with E-state index in [0.717, 1.165) is 4.47 Å². The third kappa shape index (κ3) is 3.81. The number of carbonyl (C=O) groups excluding carboxylic acids is 1. The molecule has 3 N–H and O–H groups in total. The van der Waals surface area contributed by atoms with Gasteiger partial charge in [0.05, 0.1) is 17.7 Å². The number of carbonyl (C=O) groups is 1. The van der Waals surface area contributed by atoms with E-state index in [-0.39, 0.29) is 12.2 Å². The number of benzene rings is 1. The lowest BCUT2D eigenvalue weighted by atomic mass is 10.2. The molecule has 0 fully saturated rings. The number of nitrogens with zero attached hydrogens (tertiary/aromatic N) is 2. The van der Waals surface area contributed by atoms with Gasteiger partial charge in [-0.2, -0.15) is 5.10 Å². The summed E-state index contributed by atoms with van der Waals surface area (Å²) in [6.07, 6.45) is -1.03. The Bertz CT molecular complexity index is 676. The molecule has 2 aromatic rings. The van der Waals surface area contributed by atoms with Gasteiger partial charge in [-0.15, -0.1) is 0 Å². The van der Waals surface area contributed by atoms with Gasteiger partial charge in [0, 0.05) is 9.86 Å². The first kappa shape index (κ1) is 15.9. The van der Waals surface area contributed by atoms with Crippen molar-refractivity contribution in [3.63, 3.8) is 0 Å². The van der Waals surface area contributed by atoms with Crippen molar-refractivity contribution in [2.45, 2.75) is 39.2 Å². The Morgan fingerprint density at radius 1 is 1.52 bits per heavy atom. The Labute approximate surface area is 131 Å². The minimum atomic E-state index is -1.03. The summed E-state index contributed by atoms with van der Waals surface area (Å²) in [4.78, 5) is 11.5. The molecule has 0 radical (unpaired) electrons. The lowest BCUT2D eigenvalue weighted by Crippen LogP contribution is -2.30. The van der Waals surface area contributed by atoms with Crippen molar-refractivity contribution in [2.75, 3.05) is 0 Å². The summed E-state index contributed by atoms with van der Waals surface area (Å²) < 4.78 is 7.80. The van der Waals surface area contributed by atoms with E-state index in [0.29, 0.717) is 10.9 Å². The van der Waals surface area contributed by atoms with Crippen molar-refractivity contribution in [1.29, 1.82) is 0 Å². The number of nitrogens with two attached hydrogens (primary N) is 1. The Morgan fingerprint density at radius 2 is 2.19 bits per heavy atom. The highest BCUT2D eigenvalue weighted by Gasteiger charge is 2.20. The first-order valence-corrected chi connectivity index (χ1v) is 7.28. The van der Waals surface area contributed by atoms with Crippen LogP contribution in [0.5, 0.6) is 0 Å². The maximum Gasteiger partial charge on any atom is 0.269 e. The summed E-state index contributed by atoms with van der Waals surface area (Å²) in [6.45, 7) is 5.67. The molecule has 0 saturated heterocycles. The van der Waals surface area contributed by atoms with Gasteiger partial charge in [-0.05, 0) is 39.0 Å². The van der Waals surface area contributed by atoms with Crippen LogP contribution in [0.1, 0.15) is 31.3 Å². The van der Waals surface area contributed by atoms with Gasteiger partial charge in [0.15, 0.2) is 12.0 Å². The molecule has 1 aromatic heterocycles. The average molecular weight is 356 g/mol. The van der Waals surface area contributed by atoms with Gasteiger partial charge < -0.3 is 15.6 Å². The van der Waals surface area contributed by atoms with Gasteiger partial charge in [0.25, 0.3) is 5.91 Å². The number of primary amides is 1. The van der Waals surface area contributed by atoms with Crippen LogP contribution in [0.4, 0.5) is 0 Å². The van der Waals surface area contributed by atoms with Gasteiger partial charge in [0.2, 0.25) is 0 Å². The molecule has 114 valence electrons. The van der Waals surface area contributed by atoms with Gasteiger partial charge in [-0.1, -0.05) is 15.9 Å². The SMILES string of the molecule is CC(C)(C)OC(O)Cn1nc(C(N)=O)c2cc(Br)ccc21. The number of aromatic nitrogens is 2. The average Bonchev–Trinajstić information content (AvgIpc) is 2.64. The van der Waals surface area contributed by atoms with Crippen LogP contribution in [-0.2, 0) is 11.3 Å². The molecule has 21 heavy (non-hydrogen) atoms. The van der Waals surface area contributed by atoms with Gasteiger partial charge in [-0.3, -0.25) is 9.48 Å². The van der Waals surface area contributed by atoms with Gasteiger partial charge in [0.1, 0.15) is 0 Å². The van der Waals surface area contributed by atoms with E-state index >= 15 is 0 Å². The zero-order chi connectivity index (χ0) is 15.8. The number of amides is 1. The number of halogens is 1. The maximum absolute atomic E-state index is 11.5. The standard InChI is InChI=1S/C14H18BrN3O3/c1-14(2,3)21-11(19)7-18-10-5-4-8(15)6-9(10)12(17-18)13(16)20/h4-6,11,19H,7H2,1-3H3,(H2,16,20). The van der Waals surface area contributed by atoms with E-state index in [9.17, 15) is 9.90 Å². The van der Waals surface area contributed by atoms with Crippen LogP contribution in [-0.4, -0.2) is 32.7 Å². The number of fused-ring (bicyclic) bond motifs is 1. The molecule has 0 spiro atoms. The van der Waals surface area contributed by atoms with Crippen molar-refractivity contribution in [2.24, 2.45) is 5.73 Å². The lowest BCUT2D eigenvalue weighted by Gasteiger charge is -2.24. The van der Waals surface area contributed by atoms with Crippen LogP contribution in [0.2, 0.25) is 0 Å². The largest absolute Gasteiger partial charge is 0.366 e. The fraction of sp³-hybridized carbons (Fsp3) is 0.429. The number of hydrogen-bond donors (Lipinski definition) is 2. The molecule has 1 heterocycles. The number of rotatable bonds is 4. The van der Waals surface area contributed by atoms with Crippen LogP contribution in [0.3, 0.4) is 0 Å². The van der Waals surface area contributed by atoms with Crippen LogP contribution in [0, 0.1) is 0 Å². The van der Waals surface area contributed by atoms with Gasteiger partial charge >= 0.3 is 0 Å². The summed E-state index contributed by atoms with van der Waals surface area (Å²) in [7, 11) is 0. The highest BCUT2D eigenvalue weighted by molar-refractivity contribution is 9.10. The summed E-state index contributed by atoms with van der Waals surface area (Å²) in [5, 5.41) is 14.8. The normalized spacial score (nSPS) is 13.6. The molecule has 1 atom stereocenters. The fourth-order valence-corrected chi connectivity index (χ4v) is 2.43. The number of ether oxygens (including phenoxy) is 1. The number of aliphatic hydroxyl groups excluding tert-OH is 1. The molecule has 0 bridgehead atoms. The minimum Gasteiger partial charge on any atom is -0.366 e.